The highest BCUT2D eigenvalue weighted by Gasteiger charge is 2.19. The monoisotopic (exact) mass is 378 g/mol. The number of benzene rings is 1. The number of amidine groups is 1. The van der Waals surface area contributed by atoms with Crippen molar-refractivity contribution in [1.82, 2.24) is 15.2 Å². The van der Waals surface area contributed by atoms with Gasteiger partial charge in [0.25, 0.3) is 0 Å². The molecule has 28 heavy (non-hydrogen) atoms. The molecule has 3 heterocycles. The van der Waals surface area contributed by atoms with Crippen molar-refractivity contribution in [3.05, 3.63) is 60.6 Å². The summed E-state index contributed by atoms with van der Waals surface area (Å²) in [4.78, 5) is 13.1. The summed E-state index contributed by atoms with van der Waals surface area (Å²) in [6, 6.07) is 12.1. The molecule has 7 nitrogen and oxygen atoms in total. The van der Waals surface area contributed by atoms with Crippen LogP contribution in [0.25, 0.3) is 5.70 Å². The van der Waals surface area contributed by atoms with E-state index in [2.05, 4.69) is 37.2 Å². The van der Waals surface area contributed by atoms with Gasteiger partial charge in [0.05, 0.1) is 30.3 Å². The summed E-state index contributed by atoms with van der Waals surface area (Å²) in [5, 5.41) is 3.37. The average molecular weight is 378 g/mol. The number of aromatic nitrogens is 1. The molecule has 0 unspecified atom stereocenters. The quantitative estimate of drug-likeness (QED) is 0.794. The number of nitrogens with two attached hydrogens (primary N) is 1. The number of hydrogen-bond donors (Lipinski definition) is 2. The summed E-state index contributed by atoms with van der Waals surface area (Å²) in [5.74, 6) is 1.46. The number of nitrogens with zero attached hydrogens (tertiary/aromatic N) is 4. The van der Waals surface area contributed by atoms with Crippen LogP contribution in [0.1, 0.15) is 5.56 Å². The topological polar surface area (TPSA) is 79.0 Å². The summed E-state index contributed by atoms with van der Waals surface area (Å²) < 4.78 is 5.93. The van der Waals surface area contributed by atoms with Gasteiger partial charge >= 0.3 is 0 Å². The molecule has 1 fully saturated rings. The molecule has 2 aliphatic heterocycles. The maximum absolute atomic E-state index is 5.96. The number of aliphatic imine (C=N–C) groups is 1. The molecule has 1 saturated heterocycles. The third-order valence-electron chi connectivity index (χ3n) is 4.96. The maximum Gasteiger partial charge on any atom is 0.119 e. The van der Waals surface area contributed by atoms with E-state index in [0.29, 0.717) is 19.0 Å². The van der Waals surface area contributed by atoms with E-state index in [1.165, 1.54) is 0 Å². The summed E-state index contributed by atoms with van der Waals surface area (Å²) in [7, 11) is 0. The lowest BCUT2D eigenvalue weighted by molar-refractivity contribution is 0.191. The second-order valence-corrected chi connectivity index (χ2v) is 6.90. The lowest BCUT2D eigenvalue weighted by atomic mass is 10.1. The summed E-state index contributed by atoms with van der Waals surface area (Å²) >= 11 is 0. The smallest absolute Gasteiger partial charge is 0.119 e. The van der Waals surface area contributed by atoms with Crippen LogP contribution >= 0.6 is 0 Å². The van der Waals surface area contributed by atoms with Crippen molar-refractivity contribution in [3.8, 4) is 5.75 Å². The lowest BCUT2D eigenvalue weighted by Gasteiger charge is -2.29. The maximum atomic E-state index is 5.96. The Morgan fingerprint density at radius 1 is 1.11 bits per heavy atom. The number of piperazine rings is 1. The first-order valence-electron chi connectivity index (χ1n) is 9.66. The van der Waals surface area contributed by atoms with E-state index in [0.717, 1.165) is 55.4 Å². The number of hydrogen-bond acceptors (Lipinski definition) is 7. The van der Waals surface area contributed by atoms with E-state index >= 15 is 0 Å². The molecule has 7 heteroatoms. The largest absolute Gasteiger partial charge is 0.492 e. The molecule has 4 rings (SSSR count). The van der Waals surface area contributed by atoms with E-state index in [4.69, 9.17) is 10.5 Å². The Bertz CT molecular complexity index is 828. The van der Waals surface area contributed by atoms with Crippen LogP contribution in [0, 0.1) is 0 Å². The van der Waals surface area contributed by atoms with Gasteiger partial charge < -0.3 is 20.7 Å². The number of anilines is 1. The minimum absolute atomic E-state index is 0.542. The summed E-state index contributed by atoms with van der Waals surface area (Å²) in [6.07, 6.45) is 5.41. The van der Waals surface area contributed by atoms with Crippen LogP contribution in [-0.2, 0) is 0 Å². The normalized spacial score (nSPS) is 17.8. The minimum Gasteiger partial charge on any atom is -0.492 e. The second kappa shape index (κ2) is 8.86. The first kappa shape index (κ1) is 18.5. The Kier molecular flexibility index (Phi) is 5.84. The fourth-order valence-electron chi connectivity index (χ4n) is 3.43. The van der Waals surface area contributed by atoms with Gasteiger partial charge in [0.15, 0.2) is 0 Å². The average Bonchev–Trinajstić information content (AvgIpc) is 2.76. The molecule has 0 saturated carbocycles. The van der Waals surface area contributed by atoms with E-state index in [-0.39, 0.29) is 0 Å². The number of ether oxygens (including phenoxy) is 1. The summed E-state index contributed by atoms with van der Waals surface area (Å²) in [5.41, 5.74) is 9.01. The van der Waals surface area contributed by atoms with Crippen LogP contribution in [0.2, 0.25) is 0 Å². The molecule has 0 aliphatic carbocycles. The predicted octanol–water partition coefficient (Wildman–Crippen LogP) is 1.54. The van der Waals surface area contributed by atoms with E-state index < -0.39 is 0 Å². The third kappa shape index (κ3) is 4.49. The highest BCUT2D eigenvalue weighted by molar-refractivity contribution is 5.95. The van der Waals surface area contributed by atoms with Gasteiger partial charge in [-0.2, -0.15) is 0 Å². The molecular formula is C21H26N6O. The molecular weight excluding hydrogens is 352 g/mol. The van der Waals surface area contributed by atoms with Gasteiger partial charge in [-0.25, -0.2) is 4.99 Å². The van der Waals surface area contributed by atoms with Crippen molar-refractivity contribution in [2.24, 2.45) is 10.7 Å². The van der Waals surface area contributed by atoms with Gasteiger partial charge in [-0.15, -0.1) is 0 Å². The zero-order valence-corrected chi connectivity index (χ0v) is 15.9. The van der Waals surface area contributed by atoms with Crippen LogP contribution in [-0.4, -0.2) is 61.6 Å². The Morgan fingerprint density at radius 2 is 1.93 bits per heavy atom. The van der Waals surface area contributed by atoms with Crippen LogP contribution < -0.4 is 20.7 Å². The van der Waals surface area contributed by atoms with Crippen LogP contribution in [0.5, 0.6) is 5.75 Å². The highest BCUT2D eigenvalue weighted by Crippen LogP contribution is 2.28. The van der Waals surface area contributed by atoms with Gasteiger partial charge in [-0.3, -0.25) is 9.88 Å². The van der Waals surface area contributed by atoms with Crippen LogP contribution in [0.4, 0.5) is 5.69 Å². The molecule has 146 valence electrons. The lowest BCUT2D eigenvalue weighted by Crippen LogP contribution is -2.44. The minimum atomic E-state index is 0.542. The fourth-order valence-corrected chi connectivity index (χ4v) is 3.43. The molecule has 1 aromatic carbocycles. The fraction of sp³-hybridized carbons (Fsp3) is 0.333. The first-order valence-corrected chi connectivity index (χ1v) is 9.66. The van der Waals surface area contributed by atoms with Crippen molar-refractivity contribution in [2.75, 3.05) is 50.8 Å². The Balaban J connectivity index is 1.41. The van der Waals surface area contributed by atoms with Crippen molar-refractivity contribution in [2.45, 2.75) is 0 Å². The van der Waals surface area contributed by atoms with E-state index in [1.807, 2.05) is 36.7 Å². The summed E-state index contributed by atoms with van der Waals surface area (Å²) in [6.45, 7) is 6.49. The molecule has 0 bridgehead atoms. The van der Waals surface area contributed by atoms with Gasteiger partial charge in [-0.1, -0.05) is 0 Å². The zero-order valence-electron chi connectivity index (χ0n) is 15.9. The van der Waals surface area contributed by atoms with Crippen molar-refractivity contribution < 1.29 is 4.74 Å². The van der Waals surface area contributed by atoms with Crippen molar-refractivity contribution in [1.29, 1.82) is 0 Å². The Hall–Kier alpha value is -2.90. The number of rotatable bonds is 6. The predicted molar refractivity (Wildman–Crippen MR) is 112 cm³/mol. The molecule has 2 aliphatic rings. The molecule has 2 aromatic rings. The molecule has 0 radical (unpaired) electrons. The molecule has 0 spiro atoms. The number of pyridine rings is 1. The van der Waals surface area contributed by atoms with Gasteiger partial charge in [0.1, 0.15) is 18.2 Å². The SMILES string of the molecule is NC1=NC=C(c2ccc(OCCN3CCNCC3)cc2)N(c2cccnc2)C1. The van der Waals surface area contributed by atoms with E-state index in [1.54, 1.807) is 6.20 Å². The molecule has 1 aromatic heterocycles. The Labute approximate surface area is 165 Å². The van der Waals surface area contributed by atoms with Gasteiger partial charge in [-0.05, 0) is 36.4 Å². The van der Waals surface area contributed by atoms with Gasteiger partial charge in [0, 0.05) is 44.5 Å². The number of nitrogens with one attached hydrogen (secondary N) is 1. The van der Waals surface area contributed by atoms with Gasteiger partial charge in [0.2, 0.25) is 0 Å². The second-order valence-electron chi connectivity index (χ2n) is 6.90. The Morgan fingerprint density at radius 3 is 2.68 bits per heavy atom. The van der Waals surface area contributed by atoms with E-state index in [9.17, 15) is 0 Å². The van der Waals surface area contributed by atoms with Crippen molar-refractivity contribution in [3.63, 3.8) is 0 Å². The van der Waals surface area contributed by atoms with Crippen LogP contribution in [0.3, 0.4) is 0 Å². The first-order chi connectivity index (χ1) is 13.8. The zero-order chi connectivity index (χ0) is 19.2. The highest BCUT2D eigenvalue weighted by atomic mass is 16.5. The van der Waals surface area contributed by atoms with Crippen molar-refractivity contribution >= 4 is 17.2 Å². The standard InChI is InChI=1S/C21H26N6O/c22-21-16-27(18-2-1-7-24-14-18)20(15-25-21)17-3-5-19(6-4-17)28-13-12-26-10-8-23-9-11-26/h1-7,14-15,23H,8-13,16H2,(H2,22,25). The third-order valence-corrected chi connectivity index (χ3v) is 4.96. The molecule has 3 N–H and O–H groups in total. The molecule has 0 amide bonds. The van der Waals surface area contributed by atoms with Crippen LogP contribution in [0.15, 0.2) is 60.0 Å². The molecule has 0 atom stereocenters.